The average Bonchev–Trinajstić information content (AvgIpc) is 3.30. The molecule has 0 saturated heterocycles. The van der Waals surface area contributed by atoms with Gasteiger partial charge in [-0.1, -0.05) is 25.3 Å². The summed E-state index contributed by atoms with van der Waals surface area (Å²) < 4.78 is 14.8. The Morgan fingerprint density at radius 1 is 1.20 bits per heavy atom. The normalized spacial score (nSPS) is 17.6. The van der Waals surface area contributed by atoms with E-state index in [2.05, 4.69) is 10.6 Å². The van der Waals surface area contributed by atoms with Crippen LogP contribution in [0.5, 0.6) is 5.75 Å². The molecule has 35 heavy (non-hydrogen) atoms. The number of phenols is 1. The van der Waals surface area contributed by atoms with Gasteiger partial charge in [-0.05, 0) is 56.8 Å². The highest BCUT2D eigenvalue weighted by atomic mass is 19.1. The Labute approximate surface area is 204 Å². The number of fused-ring (bicyclic) bond motifs is 1. The number of likely N-dealkylation sites (N-methyl/N-ethyl adjacent to an activating group) is 1. The summed E-state index contributed by atoms with van der Waals surface area (Å²) in [5.41, 5.74) is 1.14. The van der Waals surface area contributed by atoms with Crippen LogP contribution in [0.1, 0.15) is 50.2 Å². The van der Waals surface area contributed by atoms with Crippen LogP contribution in [0.2, 0.25) is 0 Å². The Morgan fingerprint density at radius 2 is 1.94 bits per heavy atom. The highest BCUT2D eigenvalue weighted by molar-refractivity contribution is 6.01. The van der Waals surface area contributed by atoms with Gasteiger partial charge >= 0.3 is 0 Å². The molecular formula is C26H33FN4O4. The molecule has 1 fully saturated rings. The lowest BCUT2D eigenvalue weighted by Gasteiger charge is -2.33. The molecule has 1 aromatic carbocycles. The van der Waals surface area contributed by atoms with Gasteiger partial charge in [0.15, 0.2) is 0 Å². The Balaban J connectivity index is 1.63. The van der Waals surface area contributed by atoms with Crippen molar-refractivity contribution in [2.75, 3.05) is 18.5 Å². The Hall–Kier alpha value is -3.20. The molecule has 4 rings (SSSR count). The zero-order chi connectivity index (χ0) is 25.1. The van der Waals surface area contributed by atoms with E-state index in [1.807, 2.05) is 6.07 Å². The summed E-state index contributed by atoms with van der Waals surface area (Å²) in [6.07, 6.45) is 7.03. The second kappa shape index (κ2) is 10.6. The monoisotopic (exact) mass is 484 g/mol. The first-order valence-corrected chi connectivity index (χ1v) is 12.3. The molecule has 8 nitrogen and oxygen atoms in total. The number of phenolic OH excluding ortho intramolecular Hbond substituents is 1. The molecule has 2 aliphatic rings. The molecule has 1 saturated carbocycles. The Bertz CT molecular complexity index is 1160. The van der Waals surface area contributed by atoms with Gasteiger partial charge < -0.3 is 25.2 Å². The number of halogens is 1. The number of carbonyl (C=O) groups is 2. The topological polar surface area (TPSA) is 104 Å². The zero-order valence-corrected chi connectivity index (χ0v) is 20.2. The van der Waals surface area contributed by atoms with E-state index in [1.54, 1.807) is 20.2 Å². The maximum Gasteiger partial charge on any atom is 0.275 e. The van der Waals surface area contributed by atoms with Gasteiger partial charge in [-0.15, -0.1) is 0 Å². The molecule has 1 aromatic heterocycles. The number of amides is 2. The number of aromatic hydroxyl groups is 1. The van der Waals surface area contributed by atoms with E-state index in [4.69, 9.17) is 0 Å². The first-order valence-electron chi connectivity index (χ1n) is 12.3. The first kappa shape index (κ1) is 24.9. The first-order chi connectivity index (χ1) is 16.8. The van der Waals surface area contributed by atoms with Crippen molar-refractivity contribution in [3.05, 3.63) is 57.8 Å². The van der Waals surface area contributed by atoms with Gasteiger partial charge in [0.1, 0.15) is 23.3 Å². The molecule has 0 spiro atoms. The summed E-state index contributed by atoms with van der Waals surface area (Å²) in [6.45, 7) is 2.16. The quantitative estimate of drug-likeness (QED) is 0.560. The summed E-state index contributed by atoms with van der Waals surface area (Å²) >= 11 is 0. The van der Waals surface area contributed by atoms with Crippen LogP contribution in [-0.4, -0.2) is 47.2 Å². The van der Waals surface area contributed by atoms with Gasteiger partial charge in [0.2, 0.25) is 11.8 Å². The van der Waals surface area contributed by atoms with Crippen molar-refractivity contribution in [2.45, 2.75) is 64.1 Å². The predicted octanol–water partition coefficient (Wildman–Crippen LogP) is 2.30. The molecule has 2 atom stereocenters. The van der Waals surface area contributed by atoms with Crippen LogP contribution in [0.4, 0.5) is 10.1 Å². The van der Waals surface area contributed by atoms with Crippen molar-refractivity contribution < 1.29 is 19.1 Å². The molecule has 2 heterocycles. The van der Waals surface area contributed by atoms with Gasteiger partial charge in [-0.3, -0.25) is 14.4 Å². The van der Waals surface area contributed by atoms with Crippen LogP contribution < -0.4 is 21.1 Å². The van der Waals surface area contributed by atoms with E-state index in [1.165, 1.54) is 21.6 Å². The molecule has 2 amide bonds. The minimum atomic E-state index is -0.696. The highest BCUT2D eigenvalue weighted by Gasteiger charge is 2.38. The van der Waals surface area contributed by atoms with Crippen LogP contribution in [0.25, 0.3) is 0 Å². The van der Waals surface area contributed by atoms with Gasteiger partial charge in [-0.25, -0.2) is 4.39 Å². The van der Waals surface area contributed by atoms with Crippen molar-refractivity contribution in [1.29, 1.82) is 0 Å². The van der Waals surface area contributed by atoms with Gasteiger partial charge in [0.25, 0.3) is 5.56 Å². The number of rotatable bonds is 7. The Morgan fingerprint density at radius 3 is 2.63 bits per heavy atom. The van der Waals surface area contributed by atoms with Crippen molar-refractivity contribution in [3.63, 3.8) is 0 Å². The number of benzene rings is 1. The number of nitrogens with zero attached hydrogens (tertiary/aromatic N) is 2. The van der Waals surface area contributed by atoms with Crippen molar-refractivity contribution in [3.8, 4) is 5.75 Å². The van der Waals surface area contributed by atoms with Gasteiger partial charge in [0.05, 0.1) is 12.6 Å². The third kappa shape index (κ3) is 5.24. The third-order valence-corrected chi connectivity index (χ3v) is 7.26. The van der Waals surface area contributed by atoms with Crippen LogP contribution in [0.3, 0.4) is 0 Å². The predicted molar refractivity (Wildman–Crippen MR) is 131 cm³/mol. The molecule has 0 radical (unpaired) electrons. The fourth-order valence-electron chi connectivity index (χ4n) is 5.06. The maximum absolute atomic E-state index is 13.8. The second-order valence-electron chi connectivity index (χ2n) is 9.53. The van der Waals surface area contributed by atoms with Crippen molar-refractivity contribution in [2.24, 2.45) is 5.92 Å². The third-order valence-electron chi connectivity index (χ3n) is 7.26. The van der Waals surface area contributed by atoms with Crippen molar-refractivity contribution >= 4 is 17.5 Å². The molecular weight excluding hydrogens is 451 g/mol. The Kier molecular flexibility index (Phi) is 7.54. The molecule has 3 N–H and O–H groups in total. The fraction of sp³-hybridized carbons (Fsp3) is 0.500. The van der Waals surface area contributed by atoms with E-state index in [0.717, 1.165) is 43.7 Å². The molecule has 0 unspecified atom stereocenters. The fourth-order valence-corrected chi connectivity index (χ4v) is 5.06. The van der Waals surface area contributed by atoms with E-state index < -0.39 is 17.9 Å². The maximum atomic E-state index is 13.8. The number of aromatic nitrogens is 1. The van der Waals surface area contributed by atoms with Crippen LogP contribution >= 0.6 is 0 Å². The minimum absolute atomic E-state index is 0.0235. The SMILES string of the molecule is CN[C@@H](C)C(=O)N[C@@H](C(=O)N1CCc2ccn(Cc3ccc(F)cc3O)c(=O)c21)C1CCCCC1. The summed E-state index contributed by atoms with van der Waals surface area (Å²) in [7, 11) is 1.69. The summed E-state index contributed by atoms with van der Waals surface area (Å²) in [4.78, 5) is 41.5. The highest BCUT2D eigenvalue weighted by Crippen LogP contribution is 2.31. The molecule has 2 aromatic rings. The number of nitrogens with one attached hydrogen (secondary N) is 2. The van der Waals surface area contributed by atoms with Crippen LogP contribution in [-0.2, 0) is 22.6 Å². The summed E-state index contributed by atoms with van der Waals surface area (Å²) in [5.74, 6) is -1.27. The molecule has 1 aliphatic heterocycles. The molecule has 188 valence electrons. The number of pyridine rings is 1. The molecule has 0 bridgehead atoms. The van der Waals surface area contributed by atoms with Gasteiger partial charge in [0, 0.05) is 24.4 Å². The number of carbonyl (C=O) groups excluding carboxylic acids is 2. The lowest BCUT2D eigenvalue weighted by atomic mass is 9.83. The standard InChI is InChI=1S/C26H33FN4O4/c1-16(28-2)24(33)29-22(17-6-4-3-5-7-17)25(34)31-13-11-18-10-12-30(26(35)23(18)31)15-19-8-9-20(27)14-21(19)32/h8-10,12,14,16-17,22,28,32H,3-7,11,13,15H2,1-2H3,(H,29,33)/t16-,22+/m0/s1. The van der Waals surface area contributed by atoms with Crippen molar-refractivity contribution in [1.82, 2.24) is 15.2 Å². The zero-order valence-electron chi connectivity index (χ0n) is 20.2. The van der Waals surface area contributed by atoms with E-state index in [-0.39, 0.29) is 35.6 Å². The van der Waals surface area contributed by atoms with E-state index in [0.29, 0.717) is 24.2 Å². The lowest BCUT2D eigenvalue weighted by molar-refractivity contribution is -0.130. The minimum Gasteiger partial charge on any atom is -0.507 e. The van der Waals surface area contributed by atoms with E-state index in [9.17, 15) is 23.9 Å². The molecule has 1 aliphatic carbocycles. The van der Waals surface area contributed by atoms with Gasteiger partial charge in [-0.2, -0.15) is 0 Å². The smallest absolute Gasteiger partial charge is 0.275 e. The second-order valence-corrected chi connectivity index (χ2v) is 9.53. The number of anilines is 1. The molecule has 9 heteroatoms. The number of hydrogen-bond acceptors (Lipinski definition) is 5. The van der Waals surface area contributed by atoms with E-state index >= 15 is 0 Å². The lowest BCUT2D eigenvalue weighted by Crippen LogP contribution is -2.56. The number of hydrogen-bond donors (Lipinski definition) is 3. The summed E-state index contributed by atoms with van der Waals surface area (Å²) in [5, 5.41) is 16.0. The largest absolute Gasteiger partial charge is 0.507 e. The summed E-state index contributed by atoms with van der Waals surface area (Å²) in [6, 6.07) is 4.34. The van der Waals surface area contributed by atoms with Crippen LogP contribution in [0.15, 0.2) is 35.3 Å². The van der Waals surface area contributed by atoms with Crippen LogP contribution in [0, 0.1) is 11.7 Å². The average molecular weight is 485 g/mol.